The van der Waals surface area contributed by atoms with Crippen LogP contribution in [0.25, 0.3) is 0 Å². The van der Waals surface area contributed by atoms with Crippen molar-refractivity contribution in [3.63, 3.8) is 0 Å². The molecule has 0 aromatic heterocycles. The van der Waals surface area contributed by atoms with Crippen LogP contribution < -0.4 is 5.73 Å². The zero-order valence-corrected chi connectivity index (χ0v) is 13.2. The van der Waals surface area contributed by atoms with Crippen molar-refractivity contribution in [1.82, 2.24) is 4.90 Å². The molecule has 5 nitrogen and oxygen atoms in total. The highest BCUT2D eigenvalue weighted by molar-refractivity contribution is 5.75. The predicted molar refractivity (Wildman–Crippen MR) is 86.5 cm³/mol. The Hall–Kier alpha value is -1.88. The number of benzene rings is 1. The fourth-order valence-corrected chi connectivity index (χ4v) is 2.24. The Morgan fingerprint density at radius 1 is 1.18 bits per heavy atom. The van der Waals surface area contributed by atoms with Gasteiger partial charge in [0.05, 0.1) is 0 Å². The molecule has 122 valence electrons. The molecule has 0 aliphatic rings. The van der Waals surface area contributed by atoms with Gasteiger partial charge in [-0.15, -0.1) is 0 Å². The van der Waals surface area contributed by atoms with Crippen LogP contribution in [0.2, 0.25) is 0 Å². The summed E-state index contributed by atoms with van der Waals surface area (Å²) in [6.07, 6.45) is 4.24. The maximum Gasteiger partial charge on any atom is 0.320 e. The molecule has 0 aliphatic carbocycles. The molecular weight excluding hydrogens is 280 g/mol. The molecule has 0 fully saturated rings. The van der Waals surface area contributed by atoms with Crippen LogP contribution in [0.4, 0.5) is 0 Å². The van der Waals surface area contributed by atoms with E-state index in [1.807, 2.05) is 18.2 Å². The number of carbonyl (C=O) groups is 2. The van der Waals surface area contributed by atoms with Gasteiger partial charge in [-0.05, 0) is 37.7 Å². The van der Waals surface area contributed by atoms with Crippen LogP contribution in [0.3, 0.4) is 0 Å². The summed E-state index contributed by atoms with van der Waals surface area (Å²) in [5.74, 6) is -0.830. The molecule has 1 aromatic rings. The maximum absolute atomic E-state index is 12.0. The summed E-state index contributed by atoms with van der Waals surface area (Å²) in [4.78, 5) is 24.3. The van der Waals surface area contributed by atoms with Crippen molar-refractivity contribution in [2.24, 2.45) is 5.73 Å². The first-order chi connectivity index (χ1) is 10.5. The van der Waals surface area contributed by atoms with Gasteiger partial charge in [-0.3, -0.25) is 9.59 Å². The molecule has 0 bridgehead atoms. The molecular formula is C17H26N2O3. The Morgan fingerprint density at radius 3 is 2.50 bits per heavy atom. The monoisotopic (exact) mass is 306 g/mol. The number of rotatable bonds is 10. The molecule has 1 amide bonds. The second kappa shape index (κ2) is 9.95. The van der Waals surface area contributed by atoms with Crippen molar-refractivity contribution in [2.75, 3.05) is 13.6 Å². The number of carboxylic acids is 1. The van der Waals surface area contributed by atoms with Crippen LogP contribution in [0.5, 0.6) is 0 Å². The topological polar surface area (TPSA) is 83.6 Å². The van der Waals surface area contributed by atoms with Gasteiger partial charge in [0, 0.05) is 20.0 Å². The van der Waals surface area contributed by atoms with Crippen LogP contribution in [0.15, 0.2) is 30.3 Å². The van der Waals surface area contributed by atoms with E-state index in [1.54, 1.807) is 11.9 Å². The molecule has 3 N–H and O–H groups in total. The smallest absolute Gasteiger partial charge is 0.320 e. The van der Waals surface area contributed by atoms with E-state index in [0.717, 1.165) is 25.7 Å². The Labute approximate surface area is 132 Å². The molecule has 5 heteroatoms. The van der Waals surface area contributed by atoms with Crippen molar-refractivity contribution >= 4 is 11.9 Å². The molecule has 0 saturated heterocycles. The average molecular weight is 306 g/mol. The van der Waals surface area contributed by atoms with Crippen molar-refractivity contribution in [3.05, 3.63) is 35.9 Å². The van der Waals surface area contributed by atoms with Crippen molar-refractivity contribution in [1.29, 1.82) is 0 Å². The standard InChI is InChI=1S/C17H26N2O3/c1-19(13-6-5-11-15(18)17(21)22)16(20)12-7-10-14-8-3-2-4-9-14/h2-4,8-9,15H,5-7,10-13,18H2,1H3,(H,21,22)/t15-/m0/s1. The lowest BCUT2D eigenvalue weighted by molar-refractivity contribution is -0.138. The van der Waals surface area contributed by atoms with Crippen molar-refractivity contribution < 1.29 is 14.7 Å². The molecule has 0 radical (unpaired) electrons. The van der Waals surface area contributed by atoms with Crippen molar-refractivity contribution in [2.45, 2.75) is 44.6 Å². The summed E-state index contributed by atoms with van der Waals surface area (Å²) in [6.45, 7) is 0.649. The highest BCUT2D eigenvalue weighted by Gasteiger charge is 2.12. The number of unbranched alkanes of at least 4 members (excludes halogenated alkanes) is 1. The van der Waals surface area contributed by atoms with Gasteiger partial charge in [-0.1, -0.05) is 30.3 Å². The third-order valence-corrected chi connectivity index (χ3v) is 3.70. The molecule has 0 spiro atoms. The normalized spacial score (nSPS) is 11.9. The second-order valence-corrected chi connectivity index (χ2v) is 5.59. The van der Waals surface area contributed by atoms with E-state index in [9.17, 15) is 9.59 Å². The lowest BCUT2D eigenvalue weighted by Crippen LogP contribution is -2.31. The van der Waals surface area contributed by atoms with Gasteiger partial charge in [0.1, 0.15) is 6.04 Å². The number of carboxylic acid groups (broad SMARTS) is 1. The number of hydrogen-bond donors (Lipinski definition) is 2. The number of nitrogens with two attached hydrogens (primary N) is 1. The summed E-state index contributed by atoms with van der Waals surface area (Å²) in [6, 6.07) is 9.33. The van der Waals surface area contributed by atoms with Crippen LogP contribution in [0.1, 0.15) is 37.7 Å². The summed E-state index contributed by atoms with van der Waals surface area (Å²) in [5, 5.41) is 8.68. The van der Waals surface area contributed by atoms with Gasteiger partial charge in [-0.2, -0.15) is 0 Å². The zero-order chi connectivity index (χ0) is 16.4. The second-order valence-electron chi connectivity index (χ2n) is 5.59. The number of hydrogen-bond acceptors (Lipinski definition) is 3. The molecule has 1 aromatic carbocycles. The predicted octanol–water partition coefficient (Wildman–Crippen LogP) is 2.05. The van der Waals surface area contributed by atoms with E-state index in [-0.39, 0.29) is 5.91 Å². The third-order valence-electron chi connectivity index (χ3n) is 3.70. The van der Waals surface area contributed by atoms with E-state index < -0.39 is 12.0 Å². The Balaban J connectivity index is 2.13. The largest absolute Gasteiger partial charge is 0.480 e. The van der Waals surface area contributed by atoms with Gasteiger partial charge >= 0.3 is 5.97 Å². The fourth-order valence-electron chi connectivity index (χ4n) is 2.24. The first-order valence-corrected chi connectivity index (χ1v) is 7.77. The molecule has 1 rings (SSSR count). The van der Waals surface area contributed by atoms with E-state index in [4.69, 9.17) is 10.8 Å². The number of carbonyl (C=O) groups excluding carboxylic acids is 1. The van der Waals surface area contributed by atoms with Crippen LogP contribution in [-0.4, -0.2) is 41.5 Å². The van der Waals surface area contributed by atoms with Gasteiger partial charge in [0.2, 0.25) is 5.91 Å². The minimum Gasteiger partial charge on any atom is -0.480 e. The highest BCUT2D eigenvalue weighted by Crippen LogP contribution is 2.07. The Morgan fingerprint density at radius 2 is 1.86 bits per heavy atom. The van der Waals surface area contributed by atoms with E-state index in [1.165, 1.54) is 5.56 Å². The third kappa shape index (κ3) is 7.22. The number of nitrogens with zero attached hydrogens (tertiary/aromatic N) is 1. The summed E-state index contributed by atoms with van der Waals surface area (Å²) in [7, 11) is 1.79. The van der Waals surface area contributed by atoms with Gasteiger partial charge in [-0.25, -0.2) is 0 Å². The summed E-state index contributed by atoms with van der Waals surface area (Å²) in [5.41, 5.74) is 6.68. The average Bonchev–Trinajstić information content (AvgIpc) is 2.51. The number of amides is 1. The Bertz CT molecular complexity index is 462. The van der Waals surface area contributed by atoms with Gasteiger partial charge in [0.15, 0.2) is 0 Å². The van der Waals surface area contributed by atoms with Crippen LogP contribution in [-0.2, 0) is 16.0 Å². The van der Waals surface area contributed by atoms with Crippen LogP contribution in [0, 0.1) is 0 Å². The Kier molecular flexibility index (Phi) is 8.22. The minimum absolute atomic E-state index is 0.137. The van der Waals surface area contributed by atoms with Crippen molar-refractivity contribution in [3.8, 4) is 0 Å². The summed E-state index contributed by atoms with van der Waals surface area (Å²) >= 11 is 0. The summed E-state index contributed by atoms with van der Waals surface area (Å²) < 4.78 is 0. The molecule has 1 atom stereocenters. The van der Waals surface area contributed by atoms with Gasteiger partial charge in [0.25, 0.3) is 0 Å². The van der Waals surface area contributed by atoms with E-state index >= 15 is 0 Å². The lowest BCUT2D eigenvalue weighted by atomic mass is 10.1. The molecule has 22 heavy (non-hydrogen) atoms. The van der Waals surface area contributed by atoms with Crippen LogP contribution >= 0.6 is 0 Å². The minimum atomic E-state index is -0.967. The number of aryl methyl sites for hydroxylation is 1. The maximum atomic E-state index is 12.0. The zero-order valence-electron chi connectivity index (χ0n) is 13.2. The SMILES string of the molecule is CN(CCCC[C@H](N)C(=O)O)C(=O)CCCc1ccccc1. The molecule has 0 heterocycles. The first-order valence-electron chi connectivity index (χ1n) is 7.77. The molecule has 0 aliphatic heterocycles. The number of aliphatic carboxylic acids is 1. The quantitative estimate of drug-likeness (QED) is 0.648. The first kappa shape index (κ1) is 18.2. The lowest BCUT2D eigenvalue weighted by Gasteiger charge is -2.17. The molecule has 0 unspecified atom stereocenters. The van der Waals surface area contributed by atoms with E-state index in [2.05, 4.69) is 12.1 Å². The molecule has 0 saturated carbocycles. The van der Waals surface area contributed by atoms with E-state index in [0.29, 0.717) is 19.4 Å². The fraction of sp³-hybridized carbons (Fsp3) is 0.529. The highest BCUT2D eigenvalue weighted by atomic mass is 16.4. The van der Waals surface area contributed by atoms with Gasteiger partial charge < -0.3 is 15.7 Å².